The van der Waals surface area contributed by atoms with Crippen LogP contribution in [0.4, 0.5) is 0 Å². The number of halogens is 1. The lowest BCUT2D eigenvalue weighted by Gasteiger charge is -2.23. The molecule has 0 spiro atoms. The minimum atomic E-state index is -0.486. The van der Waals surface area contributed by atoms with Crippen molar-refractivity contribution in [1.29, 1.82) is 0 Å². The molecule has 7 nitrogen and oxygen atoms in total. The lowest BCUT2D eigenvalue weighted by molar-refractivity contribution is -0.133. The molecule has 0 aliphatic carbocycles. The molecular formula is C20H19BrN4O3. The van der Waals surface area contributed by atoms with Crippen molar-refractivity contribution in [2.24, 2.45) is 5.73 Å². The summed E-state index contributed by atoms with van der Waals surface area (Å²) < 4.78 is 2.04. The summed E-state index contributed by atoms with van der Waals surface area (Å²) in [4.78, 5) is 42.5. The van der Waals surface area contributed by atoms with Gasteiger partial charge in [0.05, 0.1) is 17.2 Å². The summed E-state index contributed by atoms with van der Waals surface area (Å²) in [5.74, 6) is -0.774. The molecule has 0 aliphatic rings. The molecule has 1 heterocycles. The second-order valence-electron chi connectivity index (χ2n) is 6.36. The van der Waals surface area contributed by atoms with Crippen LogP contribution in [0.2, 0.25) is 0 Å². The van der Waals surface area contributed by atoms with E-state index in [1.807, 2.05) is 30.3 Å². The van der Waals surface area contributed by atoms with Crippen molar-refractivity contribution < 1.29 is 9.59 Å². The van der Waals surface area contributed by atoms with Gasteiger partial charge in [0.2, 0.25) is 11.8 Å². The zero-order valence-electron chi connectivity index (χ0n) is 15.0. The first-order valence-electron chi connectivity index (χ1n) is 8.69. The van der Waals surface area contributed by atoms with Gasteiger partial charge in [-0.3, -0.25) is 19.0 Å². The van der Waals surface area contributed by atoms with Crippen LogP contribution in [0.3, 0.4) is 0 Å². The predicted octanol–water partition coefficient (Wildman–Crippen LogP) is 2.06. The molecule has 0 saturated heterocycles. The van der Waals surface area contributed by atoms with Crippen LogP contribution in [0.5, 0.6) is 0 Å². The third kappa shape index (κ3) is 4.83. The number of rotatable bonds is 7. The number of carbonyl (C=O) groups is 2. The van der Waals surface area contributed by atoms with Crippen LogP contribution in [0.15, 0.2) is 64.1 Å². The van der Waals surface area contributed by atoms with Crippen LogP contribution in [0, 0.1) is 0 Å². The number of aromatic nitrogens is 2. The zero-order chi connectivity index (χ0) is 20.1. The Labute approximate surface area is 169 Å². The quantitative estimate of drug-likeness (QED) is 0.605. The smallest absolute Gasteiger partial charge is 0.261 e. The summed E-state index contributed by atoms with van der Waals surface area (Å²) in [7, 11) is 0. The number of benzene rings is 2. The lowest BCUT2D eigenvalue weighted by Crippen LogP contribution is -2.38. The van der Waals surface area contributed by atoms with E-state index in [-0.39, 0.29) is 31.0 Å². The third-order valence-electron chi connectivity index (χ3n) is 4.29. The monoisotopic (exact) mass is 442 g/mol. The van der Waals surface area contributed by atoms with Gasteiger partial charge in [0.1, 0.15) is 6.54 Å². The van der Waals surface area contributed by atoms with Gasteiger partial charge in [0, 0.05) is 24.0 Å². The highest BCUT2D eigenvalue weighted by Gasteiger charge is 2.17. The normalized spacial score (nSPS) is 10.8. The highest BCUT2D eigenvalue weighted by atomic mass is 79.9. The Morgan fingerprint density at radius 2 is 1.89 bits per heavy atom. The number of nitrogens with two attached hydrogens (primary N) is 1. The lowest BCUT2D eigenvalue weighted by atomic mass is 10.2. The van der Waals surface area contributed by atoms with E-state index in [9.17, 15) is 14.4 Å². The molecule has 0 atom stereocenters. The van der Waals surface area contributed by atoms with Crippen LogP contribution in [-0.2, 0) is 22.7 Å². The van der Waals surface area contributed by atoms with Gasteiger partial charge >= 0.3 is 0 Å². The highest BCUT2D eigenvalue weighted by molar-refractivity contribution is 9.10. The first-order valence-corrected chi connectivity index (χ1v) is 9.48. The van der Waals surface area contributed by atoms with Crippen molar-refractivity contribution in [2.75, 3.05) is 6.54 Å². The summed E-state index contributed by atoms with van der Waals surface area (Å²) >= 11 is 3.34. The van der Waals surface area contributed by atoms with E-state index in [0.29, 0.717) is 17.4 Å². The van der Waals surface area contributed by atoms with E-state index in [4.69, 9.17) is 5.73 Å². The number of carbonyl (C=O) groups excluding carboxylic acids is 2. The van der Waals surface area contributed by atoms with Gasteiger partial charge in [-0.05, 0) is 23.8 Å². The summed E-state index contributed by atoms with van der Waals surface area (Å²) in [6.07, 6.45) is 1.42. The maximum absolute atomic E-state index is 12.9. The Morgan fingerprint density at radius 1 is 1.14 bits per heavy atom. The number of hydrogen-bond acceptors (Lipinski definition) is 4. The number of hydrogen-bond donors (Lipinski definition) is 1. The number of amides is 2. The molecule has 0 unspecified atom stereocenters. The van der Waals surface area contributed by atoms with E-state index in [1.165, 1.54) is 15.8 Å². The molecule has 28 heavy (non-hydrogen) atoms. The Morgan fingerprint density at radius 3 is 2.61 bits per heavy atom. The molecule has 144 valence electrons. The van der Waals surface area contributed by atoms with E-state index >= 15 is 0 Å². The molecule has 0 radical (unpaired) electrons. The maximum Gasteiger partial charge on any atom is 0.261 e. The fraction of sp³-hybridized carbons (Fsp3) is 0.200. The molecule has 8 heteroatoms. The average molecular weight is 443 g/mol. The molecule has 2 aromatic carbocycles. The largest absolute Gasteiger partial charge is 0.370 e. The van der Waals surface area contributed by atoms with Gasteiger partial charge in [-0.1, -0.05) is 46.3 Å². The van der Waals surface area contributed by atoms with Crippen molar-refractivity contribution in [1.82, 2.24) is 14.5 Å². The van der Waals surface area contributed by atoms with Crippen LogP contribution in [-0.4, -0.2) is 32.8 Å². The Hall–Kier alpha value is -3.00. The molecule has 2 amide bonds. The number of primary amides is 1. The van der Waals surface area contributed by atoms with E-state index in [1.54, 1.807) is 18.2 Å². The molecular weight excluding hydrogens is 424 g/mol. The first-order chi connectivity index (χ1) is 13.4. The predicted molar refractivity (Wildman–Crippen MR) is 109 cm³/mol. The van der Waals surface area contributed by atoms with Crippen molar-refractivity contribution in [3.05, 3.63) is 75.2 Å². The van der Waals surface area contributed by atoms with Gasteiger partial charge in [-0.15, -0.1) is 0 Å². The van der Waals surface area contributed by atoms with Crippen molar-refractivity contribution in [3.8, 4) is 0 Å². The molecule has 0 bridgehead atoms. The van der Waals surface area contributed by atoms with Gasteiger partial charge in [-0.25, -0.2) is 4.98 Å². The molecule has 3 rings (SSSR count). The van der Waals surface area contributed by atoms with Crippen LogP contribution in [0.1, 0.15) is 12.0 Å². The van der Waals surface area contributed by atoms with Gasteiger partial charge in [0.25, 0.3) is 5.56 Å². The molecule has 0 fully saturated rings. The molecule has 1 aromatic heterocycles. The maximum atomic E-state index is 12.9. The van der Waals surface area contributed by atoms with Gasteiger partial charge < -0.3 is 10.6 Å². The fourth-order valence-corrected chi connectivity index (χ4v) is 3.19. The van der Waals surface area contributed by atoms with Crippen LogP contribution in [0.25, 0.3) is 10.9 Å². The minimum absolute atomic E-state index is 0.0520. The fourth-order valence-electron chi connectivity index (χ4n) is 2.83. The van der Waals surface area contributed by atoms with E-state index in [0.717, 1.165) is 10.0 Å². The SMILES string of the molecule is NC(=O)CCN(Cc1ccccc1)C(=O)Cn1cnc2ccc(Br)cc2c1=O. The third-order valence-corrected chi connectivity index (χ3v) is 4.78. The summed E-state index contributed by atoms with van der Waals surface area (Å²) in [6, 6.07) is 14.6. The number of fused-ring (bicyclic) bond motifs is 1. The zero-order valence-corrected chi connectivity index (χ0v) is 16.6. The van der Waals surface area contributed by atoms with Crippen LogP contribution >= 0.6 is 15.9 Å². The molecule has 2 N–H and O–H groups in total. The minimum Gasteiger partial charge on any atom is -0.370 e. The first kappa shape index (κ1) is 19.8. The molecule has 0 aliphatic heterocycles. The second-order valence-corrected chi connectivity index (χ2v) is 7.27. The Bertz CT molecular complexity index is 1070. The molecule has 0 saturated carbocycles. The van der Waals surface area contributed by atoms with Gasteiger partial charge in [0.15, 0.2) is 0 Å². The summed E-state index contributed by atoms with van der Waals surface area (Å²) in [6.45, 7) is 0.346. The average Bonchev–Trinajstić information content (AvgIpc) is 2.68. The van der Waals surface area contributed by atoms with E-state index < -0.39 is 5.91 Å². The molecule has 3 aromatic rings. The Balaban J connectivity index is 1.84. The van der Waals surface area contributed by atoms with Gasteiger partial charge in [-0.2, -0.15) is 0 Å². The van der Waals surface area contributed by atoms with E-state index in [2.05, 4.69) is 20.9 Å². The highest BCUT2D eigenvalue weighted by Crippen LogP contribution is 2.15. The van der Waals surface area contributed by atoms with Crippen molar-refractivity contribution >= 4 is 38.6 Å². The topological polar surface area (TPSA) is 98.3 Å². The number of nitrogens with zero attached hydrogens (tertiary/aromatic N) is 3. The van der Waals surface area contributed by atoms with Crippen molar-refractivity contribution in [3.63, 3.8) is 0 Å². The van der Waals surface area contributed by atoms with Crippen LogP contribution < -0.4 is 11.3 Å². The standard InChI is InChI=1S/C20H19BrN4O3/c21-15-6-7-17-16(10-15)20(28)25(13-23-17)12-19(27)24(9-8-18(22)26)11-14-4-2-1-3-5-14/h1-7,10,13H,8-9,11-12H2,(H2,22,26). The summed E-state index contributed by atoms with van der Waals surface area (Å²) in [5.41, 5.74) is 6.43. The summed E-state index contributed by atoms with van der Waals surface area (Å²) in [5, 5.41) is 0.427. The Kier molecular flexibility index (Phi) is 6.20. The second kappa shape index (κ2) is 8.79. The van der Waals surface area contributed by atoms with Crippen molar-refractivity contribution in [2.45, 2.75) is 19.5 Å².